The molecule has 0 atom stereocenters. The number of hydrogen-bond acceptors (Lipinski definition) is 6. The maximum absolute atomic E-state index is 12.1. The number of carbonyl (C=O) groups excluding carboxylic acids is 1. The monoisotopic (exact) mass is 324 g/mol. The third-order valence-electron chi connectivity index (χ3n) is 3.31. The first kappa shape index (κ1) is 15.7. The van der Waals surface area contributed by atoms with Crippen molar-refractivity contribution in [1.82, 2.24) is 15.1 Å². The molecule has 3 aromatic rings. The fourth-order valence-corrected chi connectivity index (χ4v) is 2.14. The third kappa shape index (κ3) is 3.75. The van der Waals surface area contributed by atoms with Crippen molar-refractivity contribution in [2.75, 3.05) is 12.4 Å². The number of ether oxygens (including phenoxy) is 1. The van der Waals surface area contributed by atoms with Crippen molar-refractivity contribution in [2.24, 2.45) is 0 Å². The second-order valence-corrected chi connectivity index (χ2v) is 4.98. The third-order valence-corrected chi connectivity index (χ3v) is 3.31. The van der Waals surface area contributed by atoms with Gasteiger partial charge in [-0.25, -0.2) is 0 Å². The van der Waals surface area contributed by atoms with Crippen molar-refractivity contribution in [3.63, 3.8) is 0 Å². The van der Waals surface area contributed by atoms with Gasteiger partial charge >= 0.3 is 0 Å². The Bertz CT molecular complexity index is 817. The summed E-state index contributed by atoms with van der Waals surface area (Å²) >= 11 is 0. The Morgan fingerprint density at radius 1 is 1.21 bits per heavy atom. The molecule has 0 radical (unpaired) electrons. The van der Waals surface area contributed by atoms with Crippen LogP contribution in [0.2, 0.25) is 0 Å². The largest absolute Gasteiger partial charge is 0.495 e. The van der Waals surface area contributed by atoms with Crippen molar-refractivity contribution in [2.45, 2.75) is 12.8 Å². The summed E-state index contributed by atoms with van der Waals surface area (Å²) in [5.74, 6) is 1.26. The van der Waals surface area contributed by atoms with Crippen LogP contribution < -0.4 is 10.1 Å². The standard InChI is InChI=1S/C17H16N4O3/c1-23-14-8-3-2-6-12(14)19-15(22)9-10-16-20-17(21-24-16)13-7-4-5-11-18-13/h2-8,11H,9-10H2,1H3,(H,19,22). The molecule has 0 fully saturated rings. The van der Waals surface area contributed by atoms with E-state index in [-0.39, 0.29) is 12.3 Å². The van der Waals surface area contributed by atoms with Crippen molar-refractivity contribution in [1.29, 1.82) is 0 Å². The summed E-state index contributed by atoms with van der Waals surface area (Å²) in [7, 11) is 1.56. The highest BCUT2D eigenvalue weighted by Gasteiger charge is 2.12. The highest BCUT2D eigenvalue weighted by molar-refractivity contribution is 5.92. The number of pyridine rings is 1. The van der Waals surface area contributed by atoms with Gasteiger partial charge in [-0.15, -0.1) is 0 Å². The van der Waals surface area contributed by atoms with E-state index in [9.17, 15) is 4.79 Å². The van der Waals surface area contributed by atoms with Crippen LogP contribution in [0.15, 0.2) is 53.2 Å². The number of nitrogens with one attached hydrogen (secondary N) is 1. The van der Waals surface area contributed by atoms with Crippen LogP contribution in [-0.4, -0.2) is 28.1 Å². The molecule has 0 unspecified atom stereocenters. The summed E-state index contributed by atoms with van der Waals surface area (Å²) in [4.78, 5) is 20.5. The summed E-state index contributed by atoms with van der Waals surface area (Å²) in [6, 6.07) is 12.7. The van der Waals surface area contributed by atoms with Crippen molar-refractivity contribution in [3.8, 4) is 17.3 Å². The van der Waals surface area contributed by atoms with E-state index in [0.717, 1.165) is 0 Å². The highest BCUT2D eigenvalue weighted by Crippen LogP contribution is 2.23. The maximum atomic E-state index is 12.1. The van der Waals surface area contributed by atoms with Crippen molar-refractivity contribution >= 4 is 11.6 Å². The lowest BCUT2D eigenvalue weighted by Gasteiger charge is -2.08. The average Bonchev–Trinajstić information content (AvgIpc) is 3.10. The first-order valence-corrected chi connectivity index (χ1v) is 7.43. The van der Waals surface area contributed by atoms with Crippen LogP contribution in [0, 0.1) is 0 Å². The summed E-state index contributed by atoms with van der Waals surface area (Å²) < 4.78 is 10.4. The molecule has 2 aromatic heterocycles. The molecule has 0 aliphatic carbocycles. The second-order valence-electron chi connectivity index (χ2n) is 4.98. The molecule has 3 rings (SSSR count). The Balaban J connectivity index is 1.58. The zero-order valence-electron chi connectivity index (χ0n) is 13.1. The fraction of sp³-hybridized carbons (Fsp3) is 0.176. The molecule has 2 heterocycles. The minimum Gasteiger partial charge on any atom is -0.495 e. The molecule has 1 amide bonds. The van der Waals surface area contributed by atoms with E-state index in [1.165, 1.54) is 0 Å². The number of nitrogens with zero attached hydrogens (tertiary/aromatic N) is 3. The normalized spacial score (nSPS) is 10.4. The number of hydrogen-bond donors (Lipinski definition) is 1. The molecule has 0 saturated carbocycles. The van der Waals surface area contributed by atoms with Crippen LogP contribution in [0.3, 0.4) is 0 Å². The Hall–Kier alpha value is -3.22. The molecule has 1 aromatic carbocycles. The summed E-state index contributed by atoms with van der Waals surface area (Å²) in [5.41, 5.74) is 1.26. The molecule has 0 aliphatic rings. The van der Waals surface area contributed by atoms with E-state index >= 15 is 0 Å². The van der Waals surface area contributed by atoms with Gasteiger partial charge in [-0.05, 0) is 24.3 Å². The average molecular weight is 324 g/mol. The van der Waals surface area contributed by atoms with E-state index in [1.54, 1.807) is 31.5 Å². The maximum Gasteiger partial charge on any atom is 0.227 e. The number of carbonyl (C=O) groups is 1. The number of aromatic nitrogens is 3. The van der Waals surface area contributed by atoms with Crippen LogP contribution in [0.4, 0.5) is 5.69 Å². The zero-order chi connectivity index (χ0) is 16.8. The number of methoxy groups -OCH3 is 1. The van der Waals surface area contributed by atoms with E-state index in [1.807, 2.05) is 24.3 Å². The first-order chi connectivity index (χ1) is 11.8. The Kier molecular flexibility index (Phi) is 4.81. The summed E-state index contributed by atoms with van der Waals surface area (Å²) in [5, 5.41) is 6.68. The first-order valence-electron chi connectivity index (χ1n) is 7.43. The number of benzene rings is 1. The Morgan fingerprint density at radius 2 is 2.04 bits per heavy atom. The molecular formula is C17H16N4O3. The topological polar surface area (TPSA) is 90.1 Å². The summed E-state index contributed by atoms with van der Waals surface area (Å²) in [6.45, 7) is 0. The molecule has 122 valence electrons. The summed E-state index contributed by atoms with van der Waals surface area (Å²) in [6.07, 6.45) is 2.23. The number of amides is 1. The number of anilines is 1. The van der Waals surface area contributed by atoms with E-state index in [4.69, 9.17) is 9.26 Å². The number of para-hydroxylation sites is 2. The number of aryl methyl sites for hydroxylation is 1. The van der Waals surface area contributed by atoms with Gasteiger partial charge in [-0.3, -0.25) is 9.78 Å². The van der Waals surface area contributed by atoms with Gasteiger partial charge in [0, 0.05) is 19.0 Å². The van der Waals surface area contributed by atoms with Crippen molar-refractivity contribution < 1.29 is 14.1 Å². The molecule has 0 saturated heterocycles. The minimum atomic E-state index is -0.155. The van der Waals surface area contributed by atoms with E-state index in [2.05, 4.69) is 20.4 Å². The fourth-order valence-electron chi connectivity index (χ4n) is 2.14. The van der Waals surface area contributed by atoms with Gasteiger partial charge in [0.05, 0.1) is 12.8 Å². The molecule has 7 heteroatoms. The van der Waals surface area contributed by atoms with E-state index in [0.29, 0.717) is 35.3 Å². The number of rotatable bonds is 6. The van der Waals surface area contributed by atoms with Gasteiger partial charge in [0.1, 0.15) is 11.4 Å². The predicted octanol–water partition coefficient (Wildman–Crippen LogP) is 2.71. The van der Waals surface area contributed by atoms with Gasteiger partial charge in [0.2, 0.25) is 17.6 Å². The van der Waals surface area contributed by atoms with Gasteiger partial charge in [-0.2, -0.15) is 4.98 Å². The van der Waals surface area contributed by atoms with Gasteiger partial charge in [0.25, 0.3) is 0 Å². The van der Waals surface area contributed by atoms with Gasteiger partial charge in [-0.1, -0.05) is 23.4 Å². The molecule has 24 heavy (non-hydrogen) atoms. The molecule has 0 aliphatic heterocycles. The van der Waals surface area contributed by atoms with Crippen LogP contribution >= 0.6 is 0 Å². The lowest BCUT2D eigenvalue weighted by molar-refractivity contribution is -0.116. The predicted molar refractivity (Wildman–Crippen MR) is 87.5 cm³/mol. The van der Waals surface area contributed by atoms with Crippen LogP contribution in [0.1, 0.15) is 12.3 Å². The molecule has 0 bridgehead atoms. The Morgan fingerprint density at radius 3 is 2.83 bits per heavy atom. The van der Waals surface area contributed by atoms with Crippen LogP contribution in [0.25, 0.3) is 11.5 Å². The van der Waals surface area contributed by atoms with Gasteiger partial charge < -0.3 is 14.6 Å². The van der Waals surface area contributed by atoms with E-state index < -0.39 is 0 Å². The smallest absolute Gasteiger partial charge is 0.227 e. The Labute approximate surface area is 138 Å². The quantitative estimate of drug-likeness (QED) is 0.750. The highest BCUT2D eigenvalue weighted by atomic mass is 16.5. The van der Waals surface area contributed by atoms with Crippen LogP contribution in [-0.2, 0) is 11.2 Å². The SMILES string of the molecule is COc1ccccc1NC(=O)CCc1nc(-c2ccccn2)no1. The van der Waals surface area contributed by atoms with Gasteiger partial charge in [0.15, 0.2) is 0 Å². The lowest BCUT2D eigenvalue weighted by atomic mass is 10.2. The molecular weight excluding hydrogens is 308 g/mol. The second kappa shape index (κ2) is 7.36. The minimum absolute atomic E-state index is 0.155. The lowest BCUT2D eigenvalue weighted by Crippen LogP contribution is -2.13. The van der Waals surface area contributed by atoms with Crippen LogP contribution in [0.5, 0.6) is 5.75 Å². The molecule has 0 spiro atoms. The molecule has 7 nitrogen and oxygen atoms in total. The molecule has 1 N–H and O–H groups in total. The zero-order valence-corrected chi connectivity index (χ0v) is 13.1. The van der Waals surface area contributed by atoms with Crippen molar-refractivity contribution in [3.05, 3.63) is 54.6 Å².